The van der Waals surface area contributed by atoms with Crippen LogP contribution in [-0.2, 0) is 27.5 Å². The first-order valence-electron chi connectivity index (χ1n) is 23.2. The zero-order valence-electron chi connectivity index (χ0n) is 37.6. The Morgan fingerprint density at radius 2 is 1.47 bits per heavy atom. The van der Waals surface area contributed by atoms with E-state index >= 15 is 0 Å². The van der Waals surface area contributed by atoms with Gasteiger partial charge in [-0.2, -0.15) is 0 Å². The van der Waals surface area contributed by atoms with E-state index in [-0.39, 0.29) is 5.91 Å². The average Bonchev–Trinajstić information content (AvgIpc) is 3.59. The number of hydrogen-bond donors (Lipinski definition) is 3. The lowest BCUT2D eigenvalue weighted by molar-refractivity contribution is -0.125. The summed E-state index contributed by atoms with van der Waals surface area (Å²) in [5, 5.41) is 9.49. The predicted octanol–water partition coefficient (Wildman–Crippen LogP) is 4.60. The average molecular weight is 897 g/mol. The molecular weight excluding hydrogens is 837 g/mol. The molecule has 5 aliphatic heterocycles. The maximum absolute atomic E-state index is 13.5. The lowest BCUT2D eigenvalue weighted by Gasteiger charge is -2.38. The molecule has 5 aliphatic rings. The van der Waals surface area contributed by atoms with Crippen LogP contribution in [0.2, 0.25) is 0 Å². The van der Waals surface area contributed by atoms with Crippen LogP contribution in [0.5, 0.6) is 5.75 Å². The van der Waals surface area contributed by atoms with Crippen LogP contribution in [0, 0.1) is 0 Å². The molecule has 16 heteroatoms. The molecule has 1 unspecified atom stereocenters. The molecule has 0 saturated carbocycles. The number of carbonyl (C=O) groups is 3. The molecule has 4 aromatic rings. The van der Waals surface area contributed by atoms with Crippen molar-refractivity contribution in [2.75, 3.05) is 116 Å². The summed E-state index contributed by atoms with van der Waals surface area (Å²) in [6.07, 6.45) is 6.67. The second-order valence-electron chi connectivity index (χ2n) is 17.4. The van der Waals surface area contributed by atoms with Crippen LogP contribution >= 0.6 is 0 Å². The Kier molecular flexibility index (Phi) is 14.7. The van der Waals surface area contributed by atoms with Gasteiger partial charge in [0.05, 0.1) is 43.2 Å². The monoisotopic (exact) mass is 896 g/mol. The van der Waals surface area contributed by atoms with Gasteiger partial charge in [-0.25, -0.2) is 9.97 Å². The van der Waals surface area contributed by atoms with Gasteiger partial charge in [0.15, 0.2) is 0 Å². The molecule has 346 valence electrons. The van der Waals surface area contributed by atoms with Crippen LogP contribution < -0.4 is 20.7 Å². The van der Waals surface area contributed by atoms with E-state index in [1.54, 1.807) is 18.3 Å². The van der Waals surface area contributed by atoms with Crippen molar-refractivity contribution in [1.82, 2.24) is 39.8 Å². The number of aromatic nitrogens is 2. The van der Waals surface area contributed by atoms with E-state index in [1.165, 1.54) is 0 Å². The molecule has 6 heterocycles. The highest BCUT2D eigenvalue weighted by atomic mass is 16.5. The zero-order chi connectivity index (χ0) is 45.2. The van der Waals surface area contributed by atoms with Gasteiger partial charge in [-0.05, 0) is 60.9 Å². The molecule has 66 heavy (non-hydrogen) atoms. The molecule has 3 saturated heterocycles. The molecule has 3 N–H and O–H groups in total. The number of benzene rings is 3. The van der Waals surface area contributed by atoms with Gasteiger partial charge in [0.25, 0.3) is 11.8 Å². The Bertz CT molecular complexity index is 2410. The number of allylic oxidation sites excluding steroid dienone is 1. The highest BCUT2D eigenvalue weighted by Crippen LogP contribution is 2.33. The normalized spacial score (nSPS) is 20.8. The summed E-state index contributed by atoms with van der Waals surface area (Å²) >= 11 is 0. The van der Waals surface area contributed by atoms with E-state index in [2.05, 4.69) is 65.3 Å². The largest absolute Gasteiger partial charge is 0.492 e. The Labute approximate surface area is 386 Å². The zero-order valence-corrected chi connectivity index (χ0v) is 37.6. The SMILES string of the molecule is C=C1CCC(N2C(=O)c3cccc(NCCN4CCN(CCN5CCN(CCOc6ccc7cc6COC/C=C/COCc6cccc(c6)-c6ccnc(n6)N7)CC5)CC4)c3C2=O)C(=O)N1. The fourth-order valence-electron chi connectivity index (χ4n) is 9.19. The first-order chi connectivity index (χ1) is 32.3. The number of carbonyl (C=O) groups excluding carboxylic acids is 3. The van der Waals surface area contributed by atoms with Crippen LogP contribution in [0.3, 0.4) is 0 Å². The second kappa shape index (κ2) is 21.5. The molecular formula is C50H60N10O6. The second-order valence-corrected chi connectivity index (χ2v) is 17.4. The van der Waals surface area contributed by atoms with E-state index in [0.29, 0.717) is 80.9 Å². The van der Waals surface area contributed by atoms with Crippen molar-refractivity contribution in [1.29, 1.82) is 0 Å². The number of anilines is 3. The van der Waals surface area contributed by atoms with E-state index < -0.39 is 17.9 Å². The topological polar surface area (TPSA) is 157 Å². The smallest absolute Gasteiger partial charge is 0.264 e. The minimum Gasteiger partial charge on any atom is -0.492 e. The maximum atomic E-state index is 13.5. The van der Waals surface area contributed by atoms with Crippen molar-refractivity contribution >= 4 is 35.0 Å². The molecule has 0 aliphatic carbocycles. The lowest BCUT2D eigenvalue weighted by Crippen LogP contribution is -2.52. The van der Waals surface area contributed by atoms with E-state index in [0.717, 1.165) is 117 Å². The minimum atomic E-state index is -0.823. The summed E-state index contributed by atoms with van der Waals surface area (Å²) in [5.41, 5.74) is 6.69. The molecule has 3 fully saturated rings. The molecule has 3 amide bonds. The predicted molar refractivity (Wildman–Crippen MR) is 253 cm³/mol. The fraction of sp³-hybridized carbons (Fsp3) is 0.420. The van der Waals surface area contributed by atoms with Gasteiger partial charge in [0, 0.05) is 119 Å². The summed E-state index contributed by atoms with van der Waals surface area (Å²) in [4.78, 5) is 59.9. The van der Waals surface area contributed by atoms with Crippen LogP contribution in [-0.4, -0.2) is 163 Å². The van der Waals surface area contributed by atoms with Crippen molar-refractivity contribution in [3.8, 4) is 17.0 Å². The van der Waals surface area contributed by atoms with E-state index in [4.69, 9.17) is 19.2 Å². The van der Waals surface area contributed by atoms with E-state index in [9.17, 15) is 14.4 Å². The van der Waals surface area contributed by atoms with Crippen molar-refractivity contribution in [2.45, 2.75) is 32.1 Å². The van der Waals surface area contributed by atoms with Gasteiger partial charge >= 0.3 is 0 Å². The molecule has 1 atom stereocenters. The highest BCUT2D eigenvalue weighted by Gasteiger charge is 2.45. The molecule has 6 bridgehead atoms. The number of amides is 3. The lowest BCUT2D eigenvalue weighted by atomic mass is 10.0. The molecule has 0 spiro atoms. The fourth-order valence-corrected chi connectivity index (χ4v) is 9.19. The van der Waals surface area contributed by atoms with Gasteiger partial charge in [0.2, 0.25) is 11.9 Å². The van der Waals surface area contributed by atoms with Gasteiger partial charge in [-0.1, -0.05) is 43.0 Å². The number of piperidine rings is 1. The quantitative estimate of drug-likeness (QED) is 0.134. The summed E-state index contributed by atoms with van der Waals surface area (Å²) in [6.45, 7) is 18.8. The third-order valence-electron chi connectivity index (χ3n) is 13.0. The van der Waals surface area contributed by atoms with Crippen LogP contribution in [0.15, 0.2) is 97.4 Å². The number of imide groups is 1. The Morgan fingerprint density at radius 1 is 0.758 bits per heavy atom. The molecule has 0 radical (unpaired) electrons. The van der Waals surface area contributed by atoms with Crippen LogP contribution in [0.25, 0.3) is 11.3 Å². The highest BCUT2D eigenvalue weighted by molar-refractivity contribution is 6.25. The number of fused-ring (bicyclic) bond motifs is 8. The summed E-state index contributed by atoms with van der Waals surface area (Å²) < 4.78 is 18.3. The van der Waals surface area contributed by atoms with Crippen molar-refractivity contribution in [2.24, 2.45) is 0 Å². The first-order valence-corrected chi connectivity index (χ1v) is 23.2. The molecule has 3 aromatic carbocycles. The van der Waals surface area contributed by atoms with Crippen LogP contribution in [0.4, 0.5) is 17.3 Å². The number of rotatable bonds is 12. The molecule has 16 nitrogen and oxygen atoms in total. The van der Waals surface area contributed by atoms with Gasteiger partial charge in [-0.15, -0.1) is 0 Å². The summed E-state index contributed by atoms with van der Waals surface area (Å²) in [5.74, 6) is 0.135. The Hall–Kier alpha value is -6.01. The van der Waals surface area contributed by atoms with Gasteiger partial charge in [0.1, 0.15) is 18.4 Å². The standard InChI is InChI=1S/C50H60N10O6/c1-36-10-12-44(47(61)53-36)60-48(62)41-8-5-9-43(46(41)49(60)63)51-16-17-56-18-20-57(21-19-56)22-23-58-24-26-59(27-25-58)28-31-66-45-13-11-40-33-39(45)35-65-30-3-2-29-64-34-37-6-4-7-38(32-37)42-14-15-52-50(54-40)55-42/h2-9,11,13-15,32-33,44,51H,1,10,12,16-31,34-35H2,(H,53,61)(H,52,54,55)/b3-2+. The van der Waals surface area contributed by atoms with Gasteiger partial charge < -0.3 is 30.2 Å². The number of piperazine rings is 2. The number of nitrogens with zero attached hydrogens (tertiary/aromatic N) is 7. The molecule has 1 aromatic heterocycles. The van der Waals surface area contributed by atoms with E-state index in [1.807, 2.05) is 48.6 Å². The number of ether oxygens (including phenoxy) is 3. The number of nitrogens with one attached hydrogen (secondary N) is 3. The maximum Gasteiger partial charge on any atom is 0.264 e. The number of hydrogen-bond acceptors (Lipinski definition) is 14. The Balaban J connectivity index is 0.685. The van der Waals surface area contributed by atoms with Crippen molar-refractivity contribution < 1.29 is 28.6 Å². The minimum absolute atomic E-state index is 0.344. The third-order valence-corrected chi connectivity index (χ3v) is 13.0. The first kappa shape index (κ1) is 45.2. The van der Waals surface area contributed by atoms with Crippen molar-refractivity contribution in [3.63, 3.8) is 0 Å². The third kappa shape index (κ3) is 11.1. The van der Waals surface area contributed by atoms with Crippen LogP contribution in [0.1, 0.15) is 44.7 Å². The Morgan fingerprint density at radius 3 is 2.23 bits per heavy atom. The molecule has 9 rings (SSSR count). The summed E-state index contributed by atoms with van der Waals surface area (Å²) in [6, 6.07) is 20.7. The van der Waals surface area contributed by atoms with Crippen molar-refractivity contribution in [3.05, 3.63) is 120 Å². The van der Waals surface area contributed by atoms with Gasteiger partial charge in [-0.3, -0.25) is 38.9 Å². The summed E-state index contributed by atoms with van der Waals surface area (Å²) in [7, 11) is 0.